The summed E-state index contributed by atoms with van der Waals surface area (Å²) in [6, 6.07) is 0. The molecule has 0 radical (unpaired) electrons. The molecule has 0 aromatic carbocycles. The van der Waals surface area contributed by atoms with Crippen molar-refractivity contribution in [3.05, 3.63) is 0 Å². The maximum absolute atomic E-state index is 2.39. The van der Waals surface area contributed by atoms with Crippen molar-refractivity contribution in [2.75, 3.05) is 17.8 Å². The Balaban J connectivity index is 2.95. The van der Waals surface area contributed by atoms with Gasteiger partial charge in [-0.1, -0.05) is 20.3 Å². The highest BCUT2D eigenvalue weighted by atomic mass is 32.2. The molecule has 0 bridgehead atoms. The molecule has 0 heterocycles. The lowest BCUT2D eigenvalue weighted by molar-refractivity contribution is 0.891. The van der Waals surface area contributed by atoms with E-state index in [2.05, 4.69) is 20.1 Å². The molecule has 0 saturated carbocycles. The first-order valence-electron chi connectivity index (χ1n) is 3.90. The van der Waals surface area contributed by atoms with Crippen molar-refractivity contribution in [3.8, 4) is 0 Å². The minimum atomic E-state index is 0.730. The van der Waals surface area contributed by atoms with Crippen molar-refractivity contribution in [3.63, 3.8) is 0 Å². The molecule has 0 rings (SSSR count). The fourth-order valence-corrected chi connectivity index (χ4v) is 2.52. The highest BCUT2D eigenvalue weighted by Crippen LogP contribution is 1.98. The van der Waals surface area contributed by atoms with E-state index in [0.717, 1.165) is 10.9 Å². The maximum atomic E-state index is 2.39. The zero-order chi connectivity index (χ0) is 7.11. The molecule has 0 spiro atoms. The molecule has 1 atom stereocenters. The topological polar surface area (TPSA) is 0 Å². The number of hydrogen-bond donors (Lipinski definition) is 0. The maximum Gasteiger partial charge on any atom is 0.107 e. The Kier molecular flexibility index (Phi) is 6.72. The van der Waals surface area contributed by atoms with Crippen LogP contribution in [0.4, 0.5) is 0 Å². The summed E-state index contributed by atoms with van der Waals surface area (Å²) < 4.78 is 0. The van der Waals surface area contributed by atoms with Gasteiger partial charge < -0.3 is 0 Å². The lowest BCUT2D eigenvalue weighted by atomic mass is 10.4. The fourth-order valence-electron chi connectivity index (χ4n) is 0.841. The van der Waals surface area contributed by atoms with Crippen LogP contribution in [0.5, 0.6) is 0 Å². The summed E-state index contributed by atoms with van der Waals surface area (Å²) in [4.78, 5) is 0. The zero-order valence-electron chi connectivity index (χ0n) is 6.94. The first-order valence-corrected chi connectivity index (χ1v) is 5.87. The Morgan fingerprint density at radius 1 is 1.00 bits per heavy atom. The van der Waals surface area contributed by atoms with Gasteiger partial charge >= 0.3 is 0 Å². The van der Waals surface area contributed by atoms with Crippen LogP contribution in [0.1, 0.15) is 33.1 Å². The zero-order valence-corrected chi connectivity index (χ0v) is 7.76. The van der Waals surface area contributed by atoms with Crippen molar-refractivity contribution in [1.82, 2.24) is 0 Å². The average molecular weight is 147 g/mol. The van der Waals surface area contributed by atoms with Crippen LogP contribution in [0.15, 0.2) is 0 Å². The summed E-state index contributed by atoms with van der Waals surface area (Å²) in [7, 11) is 0.730. The van der Waals surface area contributed by atoms with Gasteiger partial charge in [0.15, 0.2) is 0 Å². The third-order valence-corrected chi connectivity index (χ3v) is 3.49. The quantitative estimate of drug-likeness (QED) is 0.524. The van der Waals surface area contributed by atoms with Crippen LogP contribution in [0.2, 0.25) is 0 Å². The first kappa shape index (κ1) is 9.35. The Morgan fingerprint density at radius 3 is 2.11 bits per heavy atom. The van der Waals surface area contributed by atoms with E-state index >= 15 is 0 Å². The van der Waals surface area contributed by atoms with Gasteiger partial charge in [-0.05, 0) is 23.7 Å². The molecule has 0 aromatic heterocycles. The van der Waals surface area contributed by atoms with Gasteiger partial charge in [-0.3, -0.25) is 0 Å². The molecule has 0 amide bonds. The predicted molar refractivity (Wildman–Crippen MR) is 48.2 cm³/mol. The third kappa shape index (κ3) is 6.23. The average Bonchev–Trinajstić information content (AvgIpc) is 1.85. The lowest BCUT2D eigenvalue weighted by Crippen LogP contribution is -2.08. The Morgan fingerprint density at radius 2 is 1.67 bits per heavy atom. The van der Waals surface area contributed by atoms with E-state index < -0.39 is 0 Å². The second-order valence-electron chi connectivity index (χ2n) is 2.54. The first-order chi connectivity index (χ1) is 4.31. The number of hydrogen-bond acceptors (Lipinski definition) is 0. The van der Waals surface area contributed by atoms with Crippen LogP contribution in [0.25, 0.3) is 0 Å². The summed E-state index contributed by atoms with van der Waals surface area (Å²) in [5.41, 5.74) is 0. The van der Waals surface area contributed by atoms with E-state index in [0.29, 0.717) is 0 Å². The molecule has 0 nitrogen and oxygen atoms in total. The van der Waals surface area contributed by atoms with Crippen molar-refractivity contribution >= 4 is 10.9 Å². The molecule has 0 aliphatic carbocycles. The lowest BCUT2D eigenvalue weighted by Gasteiger charge is -1.98. The van der Waals surface area contributed by atoms with Gasteiger partial charge in [0.25, 0.3) is 0 Å². The van der Waals surface area contributed by atoms with Gasteiger partial charge in [-0.25, -0.2) is 0 Å². The van der Waals surface area contributed by atoms with Crippen molar-refractivity contribution in [2.45, 2.75) is 33.1 Å². The van der Waals surface area contributed by atoms with Gasteiger partial charge in [0.05, 0.1) is 6.26 Å². The molecule has 0 aromatic rings. The van der Waals surface area contributed by atoms with Crippen LogP contribution < -0.4 is 0 Å². The normalized spacial score (nSPS) is 13.7. The van der Waals surface area contributed by atoms with E-state index in [-0.39, 0.29) is 0 Å². The standard InChI is InChI=1S/C8H19S/c1-4-6-8-9(3)7-5-2/h4-8H2,1-3H3/q+1. The van der Waals surface area contributed by atoms with Crippen LogP contribution in [-0.2, 0) is 10.9 Å². The third-order valence-electron chi connectivity index (χ3n) is 1.40. The molecule has 0 aliphatic rings. The summed E-state index contributed by atoms with van der Waals surface area (Å²) in [5, 5.41) is 0. The SMILES string of the molecule is CCCC[S+](C)CCC. The summed E-state index contributed by atoms with van der Waals surface area (Å²) in [6.45, 7) is 4.54. The molecular formula is C8H19S+. The van der Waals surface area contributed by atoms with E-state index in [1.165, 1.54) is 30.8 Å². The molecule has 0 fully saturated rings. The Hall–Kier alpha value is 0.350. The van der Waals surface area contributed by atoms with Gasteiger partial charge in [0, 0.05) is 0 Å². The molecular weight excluding hydrogens is 128 g/mol. The van der Waals surface area contributed by atoms with Crippen molar-refractivity contribution in [1.29, 1.82) is 0 Å². The van der Waals surface area contributed by atoms with E-state index in [9.17, 15) is 0 Å². The molecule has 0 N–H and O–H groups in total. The largest absolute Gasteiger partial charge is 0.107 e. The van der Waals surface area contributed by atoms with E-state index in [1.807, 2.05) is 0 Å². The Bertz CT molecular complexity index is 52.5. The molecule has 9 heavy (non-hydrogen) atoms. The number of rotatable bonds is 5. The minimum Gasteiger partial charge on any atom is -0.0652 e. The predicted octanol–water partition coefficient (Wildman–Crippen LogP) is 2.44. The fraction of sp³-hybridized carbons (Fsp3) is 1.00. The van der Waals surface area contributed by atoms with Crippen molar-refractivity contribution in [2.24, 2.45) is 0 Å². The minimum absolute atomic E-state index is 0.730. The van der Waals surface area contributed by atoms with E-state index in [1.54, 1.807) is 0 Å². The van der Waals surface area contributed by atoms with Crippen molar-refractivity contribution < 1.29 is 0 Å². The van der Waals surface area contributed by atoms with Crippen LogP contribution in [0, 0.1) is 0 Å². The summed E-state index contributed by atoms with van der Waals surface area (Å²) in [5.74, 6) is 2.91. The highest BCUT2D eigenvalue weighted by molar-refractivity contribution is 7.96. The molecule has 0 saturated heterocycles. The van der Waals surface area contributed by atoms with Gasteiger partial charge in [-0.15, -0.1) is 0 Å². The second kappa shape index (κ2) is 6.47. The van der Waals surface area contributed by atoms with Crippen LogP contribution in [-0.4, -0.2) is 17.8 Å². The number of unbranched alkanes of at least 4 members (excludes halogenated alkanes) is 1. The smallest absolute Gasteiger partial charge is 0.0652 e. The van der Waals surface area contributed by atoms with Crippen LogP contribution >= 0.6 is 0 Å². The van der Waals surface area contributed by atoms with E-state index in [4.69, 9.17) is 0 Å². The van der Waals surface area contributed by atoms with Gasteiger partial charge in [0.1, 0.15) is 11.5 Å². The van der Waals surface area contributed by atoms with Gasteiger partial charge in [0.2, 0.25) is 0 Å². The van der Waals surface area contributed by atoms with Gasteiger partial charge in [-0.2, -0.15) is 0 Å². The molecule has 1 heteroatoms. The molecule has 1 unspecified atom stereocenters. The molecule has 56 valence electrons. The summed E-state index contributed by atoms with van der Waals surface area (Å²) in [6.07, 6.45) is 6.54. The second-order valence-corrected chi connectivity index (χ2v) is 4.92. The van der Waals surface area contributed by atoms with Crippen LogP contribution in [0.3, 0.4) is 0 Å². The molecule has 0 aliphatic heterocycles. The Labute approximate surface area is 62.4 Å². The monoisotopic (exact) mass is 147 g/mol. The summed E-state index contributed by atoms with van der Waals surface area (Å²) >= 11 is 0. The highest BCUT2D eigenvalue weighted by Gasteiger charge is 2.06.